The van der Waals surface area contributed by atoms with Gasteiger partial charge in [-0.05, 0) is 61.6 Å². The lowest BCUT2D eigenvalue weighted by Gasteiger charge is -2.14. The largest absolute Gasteiger partial charge is 0.507 e. The van der Waals surface area contributed by atoms with E-state index in [0.29, 0.717) is 12.2 Å². The van der Waals surface area contributed by atoms with Crippen LogP contribution in [0.3, 0.4) is 0 Å². The van der Waals surface area contributed by atoms with Crippen molar-refractivity contribution in [1.29, 1.82) is 0 Å². The highest BCUT2D eigenvalue weighted by Crippen LogP contribution is 2.33. The second-order valence-corrected chi connectivity index (χ2v) is 5.87. The van der Waals surface area contributed by atoms with Crippen LogP contribution in [-0.4, -0.2) is 10.2 Å². The first-order valence-corrected chi connectivity index (χ1v) is 7.07. The first-order chi connectivity index (χ1) is 9.79. The predicted molar refractivity (Wildman–Crippen MR) is 87.9 cm³/mol. The van der Waals surface area contributed by atoms with E-state index in [1.807, 2.05) is 52.0 Å². The lowest BCUT2D eigenvalue weighted by atomic mass is 9.94. The Bertz CT molecular complexity index is 712. The van der Waals surface area contributed by atoms with E-state index in [0.717, 1.165) is 39.0 Å². The van der Waals surface area contributed by atoms with Crippen LogP contribution in [0, 0.1) is 20.8 Å². The zero-order valence-electron chi connectivity index (χ0n) is 13.1. The van der Waals surface area contributed by atoms with Gasteiger partial charge < -0.3 is 10.2 Å². The standard InChI is InChI=1S/C19H22O2/c1-11(2)17-9-13(4)8-16(19(17)21)10-15-7-12(3)6-14(5)18(15)20/h6-9,20-21H,1,10H2,2-5H3. The molecular weight excluding hydrogens is 260 g/mol. The molecule has 0 saturated carbocycles. The molecule has 0 spiro atoms. The van der Waals surface area contributed by atoms with E-state index >= 15 is 0 Å². The van der Waals surface area contributed by atoms with Crippen molar-refractivity contribution in [2.45, 2.75) is 34.1 Å². The van der Waals surface area contributed by atoms with E-state index in [1.165, 1.54) is 0 Å². The van der Waals surface area contributed by atoms with E-state index in [-0.39, 0.29) is 5.75 Å². The summed E-state index contributed by atoms with van der Waals surface area (Å²) in [5.74, 6) is 0.560. The lowest BCUT2D eigenvalue weighted by Crippen LogP contribution is -1.96. The maximum Gasteiger partial charge on any atom is 0.126 e. The number of aromatic hydroxyl groups is 2. The van der Waals surface area contributed by atoms with Gasteiger partial charge in [0.05, 0.1) is 0 Å². The molecule has 0 unspecified atom stereocenters. The maximum absolute atomic E-state index is 10.4. The lowest BCUT2D eigenvalue weighted by molar-refractivity contribution is 0.459. The summed E-state index contributed by atoms with van der Waals surface area (Å²) in [5, 5.41) is 20.7. The molecule has 0 heterocycles. The number of allylic oxidation sites excluding steroid dienone is 1. The molecule has 21 heavy (non-hydrogen) atoms. The van der Waals surface area contributed by atoms with Gasteiger partial charge in [-0.1, -0.05) is 30.3 Å². The van der Waals surface area contributed by atoms with Crippen LogP contribution < -0.4 is 0 Å². The van der Waals surface area contributed by atoms with Crippen molar-refractivity contribution >= 4 is 5.57 Å². The predicted octanol–water partition coefficient (Wildman–Crippen LogP) is 4.65. The minimum absolute atomic E-state index is 0.256. The Labute approximate surface area is 126 Å². The second-order valence-electron chi connectivity index (χ2n) is 5.87. The molecule has 0 amide bonds. The van der Waals surface area contributed by atoms with Gasteiger partial charge in [-0.15, -0.1) is 0 Å². The molecule has 2 rings (SSSR count). The monoisotopic (exact) mass is 282 g/mol. The van der Waals surface area contributed by atoms with Crippen molar-refractivity contribution in [3.8, 4) is 11.5 Å². The Morgan fingerprint density at radius 2 is 1.43 bits per heavy atom. The summed E-state index contributed by atoms with van der Waals surface area (Å²) in [5.41, 5.74) is 6.29. The van der Waals surface area contributed by atoms with Crippen LogP contribution in [-0.2, 0) is 6.42 Å². The molecule has 110 valence electrons. The molecule has 0 saturated heterocycles. The number of rotatable bonds is 3. The third-order valence-corrected chi connectivity index (χ3v) is 3.70. The molecule has 0 fully saturated rings. The van der Waals surface area contributed by atoms with E-state index in [9.17, 15) is 10.2 Å². The van der Waals surface area contributed by atoms with Crippen LogP contribution in [0.4, 0.5) is 0 Å². The minimum Gasteiger partial charge on any atom is -0.507 e. The van der Waals surface area contributed by atoms with Crippen LogP contribution in [0.5, 0.6) is 11.5 Å². The molecule has 0 aromatic heterocycles. The van der Waals surface area contributed by atoms with Crippen molar-refractivity contribution in [1.82, 2.24) is 0 Å². The van der Waals surface area contributed by atoms with Crippen LogP contribution in [0.25, 0.3) is 5.57 Å². The first kappa shape index (κ1) is 15.2. The molecule has 0 aliphatic rings. The summed E-state index contributed by atoms with van der Waals surface area (Å²) in [6, 6.07) is 7.81. The van der Waals surface area contributed by atoms with Crippen LogP contribution in [0.15, 0.2) is 30.8 Å². The summed E-state index contributed by atoms with van der Waals surface area (Å²) in [7, 11) is 0. The van der Waals surface area contributed by atoms with Crippen molar-refractivity contribution in [3.05, 3.63) is 64.2 Å². The van der Waals surface area contributed by atoms with E-state index in [4.69, 9.17) is 0 Å². The van der Waals surface area contributed by atoms with Crippen LogP contribution >= 0.6 is 0 Å². The van der Waals surface area contributed by atoms with Gasteiger partial charge in [0.2, 0.25) is 0 Å². The Hall–Kier alpha value is -2.22. The molecule has 2 aromatic carbocycles. The average molecular weight is 282 g/mol. The van der Waals surface area contributed by atoms with Gasteiger partial charge in [0.25, 0.3) is 0 Å². The van der Waals surface area contributed by atoms with Crippen LogP contribution in [0.2, 0.25) is 0 Å². The molecule has 0 atom stereocenters. The molecule has 2 nitrogen and oxygen atoms in total. The molecule has 2 heteroatoms. The topological polar surface area (TPSA) is 40.5 Å². The maximum atomic E-state index is 10.4. The Morgan fingerprint density at radius 3 is 2.00 bits per heavy atom. The number of aryl methyl sites for hydroxylation is 3. The Kier molecular flexibility index (Phi) is 4.08. The number of hydrogen-bond acceptors (Lipinski definition) is 2. The Balaban J connectivity index is 2.52. The molecule has 0 aliphatic carbocycles. The summed E-state index contributed by atoms with van der Waals surface area (Å²) in [4.78, 5) is 0. The minimum atomic E-state index is 0.256. The van der Waals surface area contributed by atoms with Gasteiger partial charge in [0, 0.05) is 12.0 Å². The third-order valence-electron chi connectivity index (χ3n) is 3.70. The summed E-state index contributed by atoms with van der Waals surface area (Å²) in [6.07, 6.45) is 0.502. The van der Waals surface area contributed by atoms with Gasteiger partial charge in [-0.3, -0.25) is 0 Å². The van der Waals surface area contributed by atoms with Crippen LogP contribution in [0.1, 0.15) is 40.3 Å². The average Bonchev–Trinajstić information content (AvgIpc) is 2.38. The SMILES string of the molecule is C=C(C)c1cc(C)cc(Cc2cc(C)cc(C)c2O)c1O. The van der Waals surface area contributed by atoms with Crippen molar-refractivity contribution in [2.24, 2.45) is 0 Å². The van der Waals surface area contributed by atoms with E-state index in [1.54, 1.807) is 0 Å². The second kappa shape index (κ2) is 5.65. The molecule has 2 N–H and O–H groups in total. The molecule has 2 aromatic rings. The highest BCUT2D eigenvalue weighted by Gasteiger charge is 2.13. The smallest absolute Gasteiger partial charge is 0.126 e. The van der Waals surface area contributed by atoms with Gasteiger partial charge in [-0.25, -0.2) is 0 Å². The van der Waals surface area contributed by atoms with Gasteiger partial charge in [-0.2, -0.15) is 0 Å². The summed E-state index contributed by atoms with van der Waals surface area (Å²) < 4.78 is 0. The highest BCUT2D eigenvalue weighted by molar-refractivity contribution is 5.69. The fourth-order valence-corrected chi connectivity index (χ4v) is 2.70. The number of benzene rings is 2. The first-order valence-electron chi connectivity index (χ1n) is 7.07. The molecule has 0 bridgehead atoms. The number of hydrogen-bond donors (Lipinski definition) is 2. The quantitative estimate of drug-likeness (QED) is 0.860. The Morgan fingerprint density at radius 1 is 0.905 bits per heavy atom. The molecular formula is C19H22O2. The molecule has 0 aliphatic heterocycles. The number of phenols is 2. The zero-order chi connectivity index (χ0) is 15.7. The zero-order valence-corrected chi connectivity index (χ0v) is 13.1. The van der Waals surface area contributed by atoms with Crippen molar-refractivity contribution in [3.63, 3.8) is 0 Å². The van der Waals surface area contributed by atoms with Crippen molar-refractivity contribution < 1.29 is 10.2 Å². The normalized spacial score (nSPS) is 10.7. The number of phenolic OH excluding ortho intramolecular Hbond substituents is 2. The fraction of sp³-hybridized carbons (Fsp3) is 0.263. The van der Waals surface area contributed by atoms with Gasteiger partial charge >= 0.3 is 0 Å². The van der Waals surface area contributed by atoms with E-state index < -0.39 is 0 Å². The summed E-state index contributed by atoms with van der Waals surface area (Å²) >= 11 is 0. The van der Waals surface area contributed by atoms with E-state index in [2.05, 4.69) is 6.58 Å². The molecule has 0 radical (unpaired) electrons. The third kappa shape index (κ3) is 3.10. The van der Waals surface area contributed by atoms with Gasteiger partial charge in [0.15, 0.2) is 0 Å². The highest BCUT2D eigenvalue weighted by atomic mass is 16.3. The summed E-state index contributed by atoms with van der Waals surface area (Å²) in [6.45, 7) is 11.7. The van der Waals surface area contributed by atoms with Crippen molar-refractivity contribution in [2.75, 3.05) is 0 Å². The fourth-order valence-electron chi connectivity index (χ4n) is 2.70. The van der Waals surface area contributed by atoms with Gasteiger partial charge in [0.1, 0.15) is 11.5 Å².